The van der Waals surface area contributed by atoms with Crippen molar-refractivity contribution >= 4 is 22.5 Å². The van der Waals surface area contributed by atoms with Crippen LogP contribution in [0, 0.1) is 0 Å². The Bertz CT molecular complexity index is 493. The van der Waals surface area contributed by atoms with Crippen molar-refractivity contribution in [3.63, 3.8) is 0 Å². The van der Waals surface area contributed by atoms with E-state index >= 15 is 0 Å². The second-order valence-electron chi connectivity index (χ2n) is 3.32. The van der Waals surface area contributed by atoms with Crippen LogP contribution in [0.1, 0.15) is 5.69 Å². The van der Waals surface area contributed by atoms with Crippen molar-refractivity contribution in [2.45, 2.75) is 5.92 Å². The van der Waals surface area contributed by atoms with Crippen LogP contribution in [0.2, 0.25) is 5.02 Å². The third-order valence-electron chi connectivity index (χ3n) is 2.23. The lowest BCUT2D eigenvalue weighted by molar-refractivity contribution is 0.00213. The molecular weight excluding hydrogens is 222 g/mol. The zero-order valence-corrected chi connectivity index (χ0v) is 8.48. The lowest BCUT2D eigenvalue weighted by Crippen LogP contribution is -2.25. The van der Waals surface area contributed by atoms with E-state index < -0.39 is 12.5 Å². The number of aromatic nitrogens is 1. The van der Waals surface area contributed by atoms with E-state index in [-0.39, 0.29) is 5.69 Å². The van der Waals surface area contributed by atoms with E-state index in [1.54, 1.807) is 18.2 Å². The number of aromatic amines is 1. The first-order chi connectivity index (χ1) is 7.03. The van der Waals surface area contributed by atoms with Crippen molar-refractivity contribution in [1.29, 1.82) is 0 Å². The number of halogens is 3. The highest BCUT2D eigenvalue weighted by atomic mass is 35.5. The van der Waals surface area contributed by atoms with Crippen molar-refractivity contribution < 1.29 is 8.78 Å². The fourth-order valence-corrected chi connectivity index (χ4v) is 1.59. The topological polar surface area (TPSA) is 41.8 Å². The van der Waals surface area contributed by atoms with Crippen LogP contribution in [0.5, 0.6) is 0 Å². The molecule has 1 aromatic heterocycles. The Hall–Kier alpha value is -1.13. The van der Waals surface area contributed by atoms with Gasteiger partial charge in [0.05, 0.1) is 12.2 Å². The average molecular weight is 231 g/mol. The molecule has 0 aliphatic rings. The normalized spacial score (nSPS) is 12.3. The maximum atomic E-state index is 13.2. The Balaban J connectivity index is 2.56. The predicted molar refractivity (Wildman–Crippen MR) is 56.3 cm³/mol. The molecule has 0 radical (unpaired) electrons. The van der Waals surface area contributed by atoms with Gasteiger partial charge in [0, 0.05) is 15.9 Å². The van der Waals surface area contributed by atoms with E-state index in [0.717, 1.165) is 0 Å². The molecular formula is C10H9ClF2N2. The second-order valence-corrected chi connectivity index (χ2v) is 3.76. The van der Waals surface area contributed by atoms with E-state index in [0.29, 0.717) is 15.9 Å². The van der Waals surface area contributed by atoms with Crippen LogP contribution >= 0.6 is 11.6 Å². The molecule has 0 spiro atoms. The molecule has 1 heterocycles. The van der Waals surface area contributed by atoms with Crippen molar-refractivity contribution in [2.24, 2.45) is 5.73 Å². The molecule has 0 saturated carbocycles. The molecule has 80 valence electrons. The molecule has 0 amide bonds. The smallest absolute Gasteiger partial charge is 0.299 e. The lowest BCUT2D eigenvalue weighted by Gasteiger charge is -2.10. The van der Waals surface area contributed by atoms with E-state index in [1.807, 2.05) is 0 Å². The number of benzene rings is 1. The van der Waals surface area contributed by atoms with Gasteiger partial charge in [-0.1, -0.05) is 11.6 Å². The molecule has 0 aliphatic carbocycles. The Morgan fingerprint density at radius 3 is 2.73 bits per heavy atom. The van der Waals surface area contributed by atoms with Crippen LogP contribution in [0.3, 0.4) is 0 Å². The summed E-state index contributed by atoms with van der Waals surface area (Å²) in [6, 6.07) is 6.30. The van der Waals surface area contributed by atoms with Crippen LogP contribution in [-0.4, -0.2) is 11.5 Å². The molecule has 2 nitrogen and oxygen atoms in total. The summed E-state index contributed by atoms with van der Waals surface area (Å²) in [6.45, 7) is -0.715. The van der Waals surface area contributed by atoms with Gasteiger partial charge in [0.2, 0.25) is 0 Å². The van der Waals surface area contributed by atoms with Gasteiger partial charge in [-0.3, -0.25) is 0 Å². The van der Waals surface area contributed by atoms with Crippen LogP contribution < -0.4 is 5.73 Å². The van der Waals surface area contributed by atoms with Crippen LogP contribution in [0.4, 0.5) is 8.78 Å². The molecule has 15 heavy (non-hydrogen) atoms. The highest BCUT2D eigenvalue weighted by Gasteiger charge is 2.31. The molecule has 2 aromatic rings. The minimum absolute atomic E-state index is 0.178. The number of hydrogen-bond donors (Lipinski definition) is 2. The SMILES string of the molecule is NCC(F)(F)c1cc2cc(Cl)ccc2[nH]1. The summed E-state index contributed by atoms with van der Waals surface area (Å²) >= 11 is 5.75. The molecule has 0 aliphatic heterocycles. The van der Waals surface area contributed by atoms with Gasteiger partial charge >= 0.3 is 0 Å². The van der Waals surface area contributed by atoms with Gasteiger partial charge in [-0.25, -0.2) is 0 Å². The van der Waals surface area contributed by atoms with E-state index in [1.165, 1.54) is 6.07 Å². The quantitative estimate of drug-likeness (QED) is 0.819. The summed E-state index contributed by atoms with van der Waals surface area (Å²) in [5.74, 6) is -3.02. The highest BCUT2D eigenvalue weighted by Crippen LogP contribution is 2.29. The van der Waals surface area contributed by atoms with E-state index in [4.69, 9.17) is 17.3 Å². The molecule has 0 bridgehead atoms. The maximum absolute atomic E-state index is 13.2. The first-order valence-electron chi connectivity index (χ1n) is 4.39. The van der Waals surface area contributed by atoms with Gasteiger partial charge in [0.1, 0.15) is 0 Å². The van der Waals surface area contributed by atoms with Crippen LogP contribution in [0.15, 0.2) is 24.3 Å². The zero-order valence-electron chi connectivity index (χ0n) is 7.73. The van der Waals surface area contributed by atoms with Gasteiger partial charge in [0.25, 0.3) is 5.92 Å². The number of nitrogens with two attached hydrogens (primary N) is 1. The third-order valence-corrected chi connectivity index (χ3v) is 2.47. The number of hydrogen-bond acceptors (Lipinski definition) is 1. The van der Waals surface area contributed by atoms with Crippen LogP contribution in [-0.2, 0) is 5.92 Å². The Labute approximate surface area is 90.0 Å². The number of alkyl halides is 2. The van der Waals surface area contributed by atoms with Crippen molar-refractivity contribution in [1.82, 2.24) is 4.98 Å². The van der Waals surface area contributed by atoms with Gasteiger partial charge in [-0.15, -0.1) is 0 Å². The molecule has 0 fully saturated rings. The lowest BCUT2D eigenvalue weighted by atomic mass is 10.2. The Morgan fingerprint density at radius 1 is 1.33 bits per heavy atom. The molecule has 5 heteroatoms. The summed E-state index contributed by atoms with van der Waals surface area (Å²) in [5, 5.41) is 1.18. The molecule has 2 rings (SSSR count). The Morgan fingerprint density at radius 2 is 2.07 bits per heavy atom. The minimum Gasteiger partial charge on any atom is -0.353 e. The first kappa shape index (κ1) is 10.4. The fourth-order valence-electron chi connectivity index (χ4n) is 1.41. The average Bonchev–Trinajstić information content (AvgIpc) is 2.61. The van der Waals surface area contributed by atoms with Crippen molar-refractivity contribution in [3.05, 3.63) is 35.0 Å². The zero-order chi connectivity index (χ0) is 11.1. The number of nitrogens with one attached hydrogen (secondary N) is 1. The predicted octanol–water partition coefficient (Wildman–Crippen LogP) is 2.87. The minimum atomic E-state index is -3.02. The number of H-pyrrole nitrogens is 1. The molecule has 0 unspecified atom stereocenters. The van der Waals surface area contributed by atoms with Gasteiger partial charge < -0.3 is 10.7 Å². The third kappa shape index (κ3) is 1.82. The highest BCUT2D eigenvalue weighted by molar-refractivity contribution is 6.31. The van der Waals surface area contributed by atoms with Gasteiger partial charge in [-0.2, -0.15) is 8.78 Å². The summed E-state index contributed by atoms with van der Waals surface area (Å²) in [4.78, 5) is 2.63. The largest absolute Gasteiger partial charge is 0.353 e. The standard InChI is InChI=1S/C10H9ClF2N2/c11-7-1-2-8-6(3-7)4-9(15-8)10(12,13)5-14/h1-4,15H,5,14H2. The maximum Gasteiger partial charge on any atom is 0.299 e. The fraction of sp³-hybridized carbons (Fsp3) is 0.200. The molecule has 0 saturated heterocycles. The summed E-state index contributed by atoms with van der Waals surface area (Å²) in [6.07, 6.45) is 0. The first-order valence-corrected chi connectivity index (χ1v) is 4.77. The summed E-state index contributed by atoms with van der Waals surface area (Å²) in [5.41, 5.74) is 5.44. The van der Waals surface area contributed by atoms with Gasteiger partial charge in [0.15, 0.2) is 0 Å². The molecule has 0 atom stereocenters. The van der Waals surface area contributed by atoms with Gasteiger partial charge in [-0.05, 0) is 24.3 Å². The summed E-state index contributed by atoms with van der Waals surface area (Å²) < 4.78 is 26.5. The second kappa shape index (κ2) is 3.47. The number of rotatable bonds is 2. The monoisotopic (exact) mass is 230 g/mol. The van der Waals surface area contributed by atoms with Crippen molar-refractivity contribution in [2.75, 3.05) is 6.54 Å². The van der Waals surface area contributed by atoms with E-state index in [2.05, 4.69) is 4.98 Å². The van der Waals surface area contributed by atoms with Crippen molar-refractivity contribution in [3.8, 4) is 0 Å². The van der Waals surface area contributed by atoms with Crippen LogP contribution in [0.25, 0.3) is 10.9 Å². The molecule has 3 N–H and O–H groups in total. The molecule has 1 aromatic carbocycles. The Kier molecular flexibility index (Phi) is 2.40. The van der Waals surface area contributed by atoms with E-state index in [9.17, 15) is 8.78 Å². The summed E-state index contributed by atoms with van der Waals surface area (Å²) in [7, 11) is 0. The number of fused-ring (bicyclic) bond motifs is 1.